The summed E-state index contributed by atoms with van der Waals surface area (Å²) in [7, 11) is 0. The summed E-state index contributed by atoms with van der Waals surface area (Å²) in [6.45, 7) is 8.84. The number of morpholine rings is 1. The van der Waals surface area contributed by atoms with Crippen LogP contribution in [0.15, 0.2) is 0 Å². The zero-order valence-electron chi connectivity index (χ0n) is 10.3. The number of nitrogens with two attached hydrogens (primary N) is 1. The van der Waals surface area contributed by atoms with E-state index in [2.05, 4.69) is 4.90 Å². The topological polar surface area (TPSA) is 58.8 Å². The van der Waals surface area contributed by atoms with E-state index in [1.165, 1.54) is 0 Å². The second kappa shape index (κ2) is 6.83. The van der Waals surface area contributed by atoms with E-state index in [1.807, 2.05) is 18.7 Å². The molecule has 94 valence electrons. The Labute approximate surface area is 97.5 Å². The van der Waals surface area contributed by atoms with Gasteiger partial charge in [-0.2, -0.15) is 0 Å². The van der Waals surface area contributed by atoms with E-state index in [9.17, 15) is 4.79 Å². The Kier molecular flexibility index (Phi) is 5.73. The van der Waals surface area contributed by atoms with Crippen LogP contribution >= 0.6 is 0 Å². The molecule has 1 rings (SSSR count). The van der Waals surface area contributed by atoms with E-state index < -0.39 is 0 Å². The van der Waals surface area contributed by atoms with Gasteiger partial charge in [0.2, 0.25) is 5.91 Å². The third-order valence-corrected chi connectivity index (χ3v) is 2.96. The molecule has 1 atom stereocenters. The van der Waals surface area contributed by atoms with Crippen LogP contribution in [0.1, 0.15) is 13.8 Å². The van der Waals surface area contributed by atoms with Gasteiger partial charge in [-0.3, -0.25) is 9.69 Å². The van der Waals surface area contributed by atoms with Crippen molar-refractivity contribution in [2.75, 3.05) is 45.9 Å². The van der Waals surface area contributed by atoms with Crippen LogP contribution in [0, 0.1) is 0 Å². The first-order valence-electron chi connectivity index (χ1n) is 6.03. The van der Waals surface area contributed by atoms with Crippen LogP contribution in [0.25, 0.3) is 0 Å². The first-order chi connectivity index (χ1) is 7.71. The predicted molar refractivity (Wildman–Crippen MR) is 63.2 cm³/mol. The van der Waals surface area contributed by atoms with Crippen LogP contribution in [0.5, 0.6) is 0 Å². The molecule has 2 N–H and O–H groups in total. The van der Waals surface area contributed by atoms with E-state index in [0.717, 1.165) is 26.2 Å². The maximum absolute atomic E-state index is 11.9. The molecule has 0 spiro atoms. The van der Waals surface area contributed by atoms with E-state index in [0.29, 0.717) is 19.7 Å². The molecular formula is C11H23N3O2. The fraction of sp³-hybridized carbons (Fsp3) is 0.909. The first-order valence-corrected chi connectivity index (χ1v) is 6.03. The van der Waals surface area contributed by atoms with Crippen LogP contribution < -0.4 is 5.73 Å². The van der Waals surface area contributed by atoms with Crippen LogP contribution in [-0.2, 0) is 9.53 Å². The molecular weight excluding hydrogens is 206 g/mol. The standard InChI is InChI=1S/C11H23N3O2/c1-3-14(4-2)11(15)9-13-5-6-16-10(7-12)8-13/h10H,3-9,12H2,1-2H3. The predicted octanol–water partition coefficient (Wildman–Crippen LogP) is -0.486. The number of carbonyl (C=O) groups excluding carboxylic acids is 1. The Morgan fingerprint density at radius 3 is 2.75 bits per heavy atom. The van der Waals surface area contributed by atoms with Gasteiger partial charge in [-0.1, -0.05) is 0 Å². The highest BCUT2D eigenvalue weighted by Crippen LogP contribution is 2.04. The van der Waals surface area contributed by atoms with Crippen molar-refractivity contribution in [2.45, 2.75) is 20.0 Å². The third kappa shape index (κ3) is 3.73. The Bertz CT molecular complexity index is 219. The Hall–Kier alpha value is -0.650. The number of carbonyl (C=O) groups is 1. The van der Waals surface area contributed by atoms with Crippen molar-refractivity contribution in [1.82, 2.24) is 9.80 Å². The summed E-state index contributed by atoms with van der Waals surface area (Å²) in [6, 6.07) is 0. The van der Waals surface area contributed by atoms with Gasteiger partial charge in [-0.25, -0.2) is 0 Å². The van der Waals surface area contributed by atoms with Gasteiger partial charge in [0.05, 0.1) is 19.3 Å². The minimum absolute atomic E-state index is 0.0817. The smallest absolute Gasteiger partial charge is 0.236 e. The molecule has 5 nitrogen and oxygen atoms in total. The van der Waals surface area contributed by atoms with Crippen molar-refractivity contribution in [1.29, 1.82) is 0 Å². The molecule has 0 aromatic rings. The van der Waals surface area contributed by atoms with Crippen molar-refractivity contribution in [3.8, 4) is 0 Å². The third-order valence-electron chi connectivity index (χ3n) is 2.96. The summed E-state index contributed by atoms with van der Waals surface area (Å²) in [4.78, 5) is 15.9. The second-order valence-corrected chi connectivity index (χ2v) is 4.03. The Morgan fingerprint density at radius 2 is 2.19 bits per heavy atom. The summed E-state index contributed by atoms with van der Waals surface area (Å²) in [5.41, 5.74) is 5.56. The lowest BCUT2D eigenvalue weighted by atomic mass is 10.2. The van der Waals surface area contributed by atoms with E-state index in [4.69, 9.17) is 10.5 Å². The molecule has 0 bridgehead atoms. The number of hydrogen-bond acceptors (Lipinski definition) is 4. The molecule has 1 saturated heterocycles. The summed E-state index contributed by atoms with van der Waals surface area (Å²) in [6.07, 6.45) is 0.0817. The number of nitrogens with zero attached hydrogens (tertiary/aromatic N) is 2. The van der Waals surface area contributed by atoms with Gasteiger partial charge in [0.25, 0.3) is 0 Å². The van der Waals surface area contributed by atoms with Gasteiger partial charge in [-0.05, 0) is 13.8 Å². The molecule has 0 saturated carbocycles. The summed E-state index contributed by atoms with van der Waals surface area (Å²) in [5.74, 6) is 0.197. The molecule has 1 amide bonds. The average molecular weight is 229 g/mol. The Balaban J connectivity index is 2.38. The summed E-state index contributed by atoms with van der Waals surface area (Å²) >= 11 is 0. The monoisotopic (exact) mass is 229 g/mol. The normalized spacial score (nSPS) is 22.1. The molecule has 1 aliphatic heterocycles. The molecule has 5 heteroatoms. The van der Waals surface area contributed by atoms with Gasteiger partial charge >= 0.3 is 0 Å². The van der Waals surface area contributed by atoms with Crippen molar-refractivity contribution < 1.29 is 9.53 Å². The van der Waals surface area contributed by atoms with Crippen LogP contribution in [-0.4, -0.2) is 67.7 Å². The summed E-state index contributed by atoms with van der Waals surface area (Å²) in [5, 5.41) is 0. The minimum Gasteiger partial charge on any atom is -0.374 e. The van der Waals surface area contributed by atoms with Crippen molar-refractivity contribution in [3.63, 3.8) is 0 Å². The fourth-order valence-electron chi connectivity index (χ4n) is 1.93. The maximum atomic E-state index is 11.9. The minimum atomic E-state index is 0.0817. The average Bonchev–Trinajstić information content (AvgIpc) is 2.31. The molecule has 16 heavy (non-hydrogen) atoms. The lowest BCUT2D eigenvalue weighted by Crippen LogP contribution is -2.49. The molecule has 1 heterocycles. The zero-order chi connectivity index (χ0) is 12.0. The van der Waals surface area contributed by atoms with E-state index in [1.54, 1.807) is 0 Å². The fourth-order valence-corrected chi connectivity index (χ4v) is 1.93. The number of rotatable bonds is 5. The lowest BCUT2D eigenvalue weighted by Gasteiger charge is -2.33. The van der Waals surface area contributed by atoms with Gasteiger partial charge in [-0.15, -0.1) is 0 Å². The zero-order valence-corrected chi connectivity index (χ0v) is 10.3. The SMILES string of the molecule is CCN(CC)C(=O)CN1CCOC(CN)C1. The van der Waals surface area contributed by atoms with Crippen molar-refractivity contribution in [3.05, 3.63) is 0 Å². The van der Waals surface area contributed by atoms with Gasteiger partial charge < -0.3 is 15.4 Å². The first kappa shape index (κ1) is 13.4. The number of likely N-dealkylation sites (N-methyl/N-ethyl adjacent to an activating group) is 1. The highest BCUT2D eigenvalue weighted by atomic mass is 16.5. The maximum Gasteiger partial charge on any atom is 0.236 e. The van der Waals surface area contributed by atoms with E-state index in [-0.39, 0.29) is 12.0 Å². The van der Waals surface area contributed by atoms with Gasteiger partial charge in [0.15, 0.2) is 0 Å². The van der Waals surface area contributed by atoms with Crippen molar-refractivity contribution >= 4 is 5.91 Å². The quantitative estimate of drug-likeness (QED) is 0.691. The van der Waals surface area contributed by atoms with Crippen LogP contribution in [0.3, 0.4) is 0 Å². The lowest BCUT2D eigenvalue weighted by molar-refractivity contribution is -0.133. The van der Waals surface area contributed by atoms with Gasteiger partial charge in [0.1, 0.15) is 0 Å². The van der Waals surface area contributed by atoms with Crippen molar-refractivity contribution in [2.24, 2.45) is 5.73 Å². The number of amides is 1. The molecule has 0 radical (unpaired) electrons. The molecule has 0 aromatic heterocycles. The highest BCUT2D eigenvalue weighted by Gasteiger charge is 2.22. The second-order valence-electron chi connectivity index (χ2n) is 4.03. The highest BCUT2D eigenvalue weighted by molar-refractivity contribution is 5.78. The molecule has 1 fully saturated rings. The Morgan fingerprint density at radius 1 is 1.50 bits per heavy atom. The molecule has 1 unspecified atom stereocenters. The number of hydrogen-bond donors (Lipinski definition) is 1. The largest absolute Gasteiger partial charge is 0.374 e. The van der Waals surface area contributed by atoms with Crippen LogP contribution in [0.4, 0.5) is 0 Å². The molecule has 1 aliphatic rings. The molecule has 0 aromatic carbocycles. The van der Waals surface area contributed by atoms with E-state index >= 15 is 0 Å². The number of ether oxygens (including phenoxy) is 1. The van der Waals surface area contributed by atoms with Gasteiger partial charge in [0, 0.05) is 32.7 Å². The molecule has 0 aliphatic carbocycles. The summed E-state index contributed by atoms with van der Waals surface area (Å²) < 4.78 is 5.46. The van der Waals surface area contributed by atoms with Crippen LogP contribution in [0.2, 0.25) is 0 Å².